The lowest BCUT2D eigenvalue weighted by Gasteiger charge is -2.48. The number of carbonyl (C=O) groups excluding carboxylic acids is 2. The number of aryl methyl sites for hydroxylation is 1. The molecular weight excluding hydrogens is 780 g/mol. The number of nitrogens with one attached hydrogen (secondary N) is 1. The molecular formula is C39H42BrCl3FN3O4. The quantitative estimate of drug-likeness (QED) is 0.146. The summed E-state index contributed by atoms with van der Waals surface area (Å²) in [5.41, 5.74) is 3.37. The number of carbonyl (C=O) groups is 2. The zero-order valence-electron chi connectivity index (χ0n) is 28.6. The first-order valence-corrected chi connectivity index (χ1v) is 19.3. The predicted octanol–water partition coefficient (Wildman–Crippen LogP) is 8.92. The molecule has 0 radical (unpaired) electrons. The SMILES string of the molecule is CC(C)(OC(=O)N1[C@H]2CNC[C@@H]1C(C(=O)N(CCc1ccccc1)C1CC1)=C(c1ccc(CCCOc3cc(F)ccc3Br)cc1)C2)C(Cl)(Cl)Cl. The number of piperazine rings is 1. The molecule has 0 unspecified atom stereocenters. The third-order valence-electron chi connectivity index (χ3n) is 9.81. The number of amides is 2. The van der Waals surface area contributed by atoms with Gasteiger partial charge >= 0.3 is 6.09 Å². The van der Waals surface area contributed by atoms with Crippen molar-refractivity contribution in [2.45, 2.75) is 79.9 Å². The Labute approximate surface area is 322 Å². The zero-order chi connectivity index (χ0) is 36.3. The van der Waals surface area contributed by atoms with E-state index in [1.807, 2.05) is 23.1 Å². The van der Waals surface area contributed by atoms with Gasteiger partial charge in [0.25, 0.3) is 5.91 Å². The Morgan fingerprint density at radius 3 is 2.37 bits per heavy atom. The minimum atomic E-state index is -1.85. The van der Waals surface area contributed by atoms with Crippen LogP contribution in [0.3, 0.4) is 0 Å². The summed E-state index contributed by atoms with van der Waals surface area (Å²) in [5.74, 6) is 0.0741. The first kappa shape index (κ1) is 37.9. The van der Waals surface area contributed by atoms with Crippen LogP contribution < -0.4 is 10.1 Å². The Hall–Kier alpha value is -2.82. The van der Waals surface area contributed by atoms with Crippen molar-refractivity contribution < 1.29 is 23.5 Å². The van der Waals surface area contributed by atoms with Crippen molar-refractivity contribution in [3.63, 3.8) is 0 Å². The smallest absolute Gasteiger partial charge is 0.411 e. The Morgan fingerprint density at radius 2 is 1.69 bits per heavy atom. The van der Waals surface area contributed by atoms with Gasteiger partial charge in [-0.25, -0.2) is 9.18 Å². The molecule has 1 saturated carbocycles. The van der Waals surface area contributed by atoms with Crippen LogP contribution in [0.15, 0.2) is 82.8 Å². The van der Waals surface area contributed by atoms with Crippen LogP contribution in [0.25, 0.3) is 5.57 Å². The average Bonchev–Trinajstić information content (AvgIpc) is 3.93. The maximum absolute atomic E-state index is 14.9. The lowest BCUT2D eigenvalue weighted by Crippen LogP contribution is -2.64. The molecule has 0 aromatic heterocycles. The highest BCUT2D eigenvalue weighted by molar-refractivity contribution is 9.10. The molecule has 7 nitrogen and oxygen atoms in total. The van der Waals surface area contributed by atoms with E-state index in [4.69, 9.17) is 44.3 Å². The lowest BCUT2D eigenvalue weighted by atomic mass is 9.81. The number of benzene rings is 3. The predicted molar refractivity (Wildman–Crippen MR) is 204 cm³/mol. The lowest BCUT2D eigenvalue weighted by molar-refractivity contribution is -0.128. The van der Waals surface area contributed by atoms with Gasteiger partial charge in [-0.15, -0.1) is 0 Å². The number of hydrogen-bond acceptors (Lipinski definition) is 5. The molecule has 6 rings (SSSR count). The molecule has 1 saturated heterocycles. The molecule has 1 N–H and O–H groups in total. The second-order valence-corrected chi connectivity index (χ2v) is 17.0. The summed E-state index contributed by atoms with van der Waals surface area (Å²) in [6.45, 7) is 5.06. The molecule has 2 fully saturated rings. The summed E-state index contributed by atoms with van der Waals surface area (Å²) in [5, 5.41) is 3.45. The molecule has 2 amide bonds. The summed E-state index contributed by atoms with van der Waals surface area (Å²) in [6, 6.07) is 22.2. The van der Waals surface area contributed by atoms with Crippen LogP contribution >= 0.6 is 50.7 Å². The van der Waals surface area contributed by atoms with E-state index < -0.39 is 21.5 Å². The summed E-state index contributed by atoms with van der Waals surface area (Å²) in [7, 11) is 0. The summed E-state index contributed by atoms with van der Waals surface area (Å²) < 4.78 is 24.2. The largest absolute Gasteiger partial charge is 0.492 e. The van der Waals surface area contributed by atoms with Gasteiger partial charge in [-0.3, -0.25) is 9.69 Å². The molecule has 12 heteroatoms. The number of hydrogen-bond donors (Lipinski definition) is 1. The second kappa shape index (κ2) is 16.0. The molecule has 1 aliphatic carbocycles. The minimum absolute atomic E-state index is 0.0567. The molecule has 2 bridgehead atoms. The van der Waals surface area contributed by atoms with Crippen molar-refractivity contribution in [3.8, 4) is 5.75 Å². The minimum Gasteiger partial charge on any atom is -0.492 e. The first-order valence-electron chi connectivity index (χ1n) is 17.4. The van der Waals surface area contributed by atoms with E-state index in [9.17, 15) is 14.0 Å². The Kier molecular flexibility index (Phi) is 11.9. The fourth-order valence-electron chi connectivity index (χ4n) is 6.75. The molecule has 272 valence electrons. The van der Waals surface area contributed by atoms with Gasteiger partial charge in [-0.05, 0) is 103 Å². The summed E-state index contributed by atoms with van der Waals surface area (Å²) >= 11 is 22.0. The van der Waals surface area contributed by atoms with E-state index >= 15 is 0 Å². The van der Waals surface area contributed by atoms with Gasteiger partial charge in [0, 0.05) is 37.3 Å². The van der Waals surface area contributed by atoms with E-state index in [2.05, 4.69) is 57.6 Å². The van der Waals surface area contributed by atoms with Crippen LogP contribution in [-0.2, 0) is 22.4 Å². The highest BCUT2D eigenvalue weighted by atomic mass is 79.9. The molecule has 51 heavy (non-hydrogen) atoms. The number of nitrogens with zero attached hydrogens (tertiary/aromatic N) is 2. The van der Waals surface area contributed by atoms with Crippen molar-refractivity contribution in [1.29, 1.82) is 0 Å². The molecule has 0 spiro atoms. The number of rotatable bonds is 12. The monoisotopic (exact) mass is 819 g/mol. The maximum Gasteiger partial charge on any atom is 0.411 e. The second-order valence-electron chi connectivity index (χ2n) is 13.9. The summed E-state index contributed by atoms with van der Waals surface area (Å²) in [6.07, 6.45) is 3.98. The van der Waals surface area contributed by atoms with Gasteiger partial charge in [0.05, 0.1) is 23.2 Å². The van der Waals surface area contributed by atoms with E-state index in [1.165, 1.54) is 12.1 Å². The Bertz CT molecular complexity index is 1750. The fraction of sp³-hybridized carbons (Fsp3) is 0.436. The van der Waals surface area contributed by atoms with Gasteiger partial charge < -0.3 is 19.7 Å². The average molecular weight is 822 g/mol. The molecule has 2 heterocycles. The van der Waals surface area contributed by atoms with E-state index in [0.29, 0.717) is 48.5 Å². The normalized spacial score (nSPS) is 19.2. The third-order valence-corrected chi connectivity index (χ3v) is 11.8. The van der Waals surface area contributed by atoms with Gasteiger partial charge in [-0.1, -0.05) is 89.4 Å². The van der Waals surface area contributed by atoms with Gasteiger partial charge in [-0.2, -0.15) is 0 Å². The van der Waals surface area contributed by atoms with Crippen molar-refractivity contribution in [2.75, 3.05) is 26.2 Å². The highest BCUT2D eigenvalue weighted by Crippen LogP contribution is 2.43. The fourth-order valence-corrected chi connectivity index (χ4v) is 7.23. The van der Waals surface area contributed by atoms with Crippen LogP contribution in [0.1, 0.15) is 56.2 Å². The zero-order valence-corrected chi connectivity index (χ0v) is 32.5. The van der Waals surface area contributed by atoms with Gasteiger partial charge in [0.2, 0.25) is 3.79 Å². The number of alkyl halides is 3. The van der Waals surface area contributed by atoms with E-state index in [1.54, 1.807) is 24.8 Å². The Morgan fingerprint density at radius 1 is 0.980 bits per heavy atom. The number of halogens is 5. The van der Waals surface area contributed by atoms with Gasteiger partial charge in [0.1, 0.15) is 11.6 Å². The molecule has 2 atom stereocenters. The molecule has 3 aromatic rings. The maximum atomic E-state index is 14.9. The molecule has 2 aliphatic heterocycles. The number of fused-ring (bicyclic) bond motifs is 2. The van der Waals surface area contributed by atoms with Crippen LogP contribution in [0.4, 0.5) is 9.18 Å². The van der Waals surface area contributed by atoms with Crippen LogP contribution in [0, 0.1) is 5.82 Å². The van der Waals surface area contributed by atoms with Crippen molar-refractivity contribution in [1.82, 2.24) is 15.1 Å². The molecule has 3 aromatic carbocycles. The first-order chi connectivity index (χ1) is 24.3. The highest BCUT2D eigenvalue weighted by Gasteiger charge is 2.50. The number of ether oxygens (including phenoxy) is 2. The van der Waals surface area contributed by atoms with E-state index in [-0.39, 0.29) is 23.8 Å². The van der Waals surface area contributed by atoms with Crippen molar-refractivity contribution >= 4 is 68.3 Å². The van der Waals surface area contributed by atoms with Gasteiger partial charge in [0.15, 0.2) is 5.60 Å². The summed E-state index contributed by atoms with van der Waals surface area (Å²) in [4.78, 5) is 32.5. The van der Waals surface area contributed by atoms with Crippen LogP contribution in [0.2, 0.25) is 0 Å². The van der Waals surface area contributed by atoms with Crippen LogP contribution in [0.5, 0.6) is 5.75 Å². The Balaban J connectivity index is 1.27. The van der Waals surface area contributed by atoms with Crippen molar-refractivity contribution in [3.05, 3.63) is 105 Å². The van der Waals surface area contributed by atoms with Crippen molar-refractivity contribution in [2.24, 2.45) is 0 Å². The topological polar surface area (TPSA) is 71.1 Å². The third kappa shape index (κ3) is 9.05. The standard InChI is InChI=1S/C39H42BrCl3FN3O4/c1-38(2,39(41,42)43)51-37(49)47-30-22-31(27-12-10-26(11-13-27)9-6-20-50-34-21-28(44)14-17-32(34)40)35(33(47)24-45-23-30)36(48)46(29-15-16-29)19-18-25-7-4-3-5-8-25/h3-5,7-8,10-14,17,21,29-30,33,45H,6,9,15-16,18-20,22-24H2,1-2H3/t30-,33-/m1/s1. The molecule has 3 aliphatic rings. The van der Waals surface area contributed by atoms with E-state index in [0.717, 1.165) is 54.4 Å². The van der Waals surface area contributed by atoms with Crippen LogP contribution in [-0.4, -0.2) is 75.6 Å².